The predicted molar refractivity (Wildman–Crippen MR) is 88.2 cm³/mol. The van der Waals surface area contributed by atoms with Crippen molar-refractivity contribution in [3.8, 4) is 0 Å². The lowest BCUT2D eigenvalue weighted by Gasteiger charge is -2.46. The molecule has 1 aromatic carbocycles. The highest BCUT2D eigenvalue weighted by molar-refractivity contribution is 6.30. The Kier molecular flexibility index (Phi) is 5.05. The molecule has 0 bridgehead atoms. The molecule has 2 aliphatic heterocycles. The Balaban J connectivity index is 1.52. The maximum absolute atomic E-state index is 9.55. The molecule has 1 atom stereocenters. The van der Waals surface area contributed by atoms with Gasteiger partial charge in [0.05, 0.1) is 25.2 Å². The second-order valence-electron chi connectivity index (χ2n) is 6.69. The minimum atomic E-state index is -0.00996. The summed E-state index contributed by atoms with van der Waals surface area (Å²) in [4.78, 5) is 4.98. The van der Waals surface area contributed by atoms with E-state index < -0.39 is 0 Å². The zero-order valence-corrected chi connectivity index (χ0v) is 13.9. The van der Waals surface area contributed by atoms with Crippen molar-refractivity contribution in [2.45, 2.75) is 13.0 Å². The number of aliphatic hydroxyl groups is 1. The van der Waals surface area contributed by atoms with Gasteiger partial charge in [0, 0.05) is 43.8 Å². The molecule has 2 heterocycles. The molecule has 2 saturated heterocycles. The molecule has 3 rings (SSSR count). The molecule has 4 nitrogen and oxygen atoms in total. The Morgan fingerprint density at radius 3 is 2.32 bits per heavy atom. The Morgan fingerprint density at radius 2 is 1.82 bits per heavy atom. The summed E-state index contributed by atoms with van der Waals surface area (Å²) in [7, 11) is 0. The SMILES string of the molecule is CC(c1ccc(Cl)cc1)N1CCN(CC2(CO)COC2)CC1. The summed E-state index contributed by atoms with van der Waals surface area (Å²) >= 11 is 5.96. The van der Waals surface area contributed by atoms with Crippen LogP contribution in [0.1, 0.15) is 18.5 Å². The summed E-state index contributed by atoms with van der Waals surface area (Å²) in [6.07, 6.45) is 0. The second kappa shape index (κ2) is 6.85. The van der Waals surface area contributed by atoms with Crippen molar-refractivity contribution in [3.05, 3.63) is 34.9 Å². The molecule has 0 aromatic heterocycles. The first-order valence-electron chi connectivity index (χ1n) is 8.02. The van der Waals surface area contributed by atoms with Gasteiger partial charge in [-0.05, 0) is 24.6 Å². The number of rotatable bonds is 5. The number of hydrogen-bond donors (Lipinski definition) is 1. The molecule has 1 N–H and O–H groups in total. The van der Waals surface area contributed by atoms with E-state index >= 15 is 0 Å². The summed E-state index contributed by atoms with van der Waals surface area (Å²) in [6.45, 7) is 9.07. The van der Waals surface area contributed by atoms with Crippen LogP contribution in [0.2, 0.25) is 5.02 Å². The molecule has 0 radical (unpaired) electrons. The number of piperazine rings is 1. The van der Waals surface area contributed by atoms with E-state index in [0.717, 1.165) is 37.7 Å². The lowest BCUT2D eigenvalue weighted by Crippen LogP contribution is -2.57. The smallest absolute Gasteiger partial charge is 0.0579 e. The summed E-state index contributed by atoms with van der Waals surface area (Å²) in [6, 6.07) is 8.58. The van der Waals surface area contributed by atoms with Crippen molar-refractivity contribution in [1.82, 2.24) is 9.80 Å². The number of hydrogen-bond acceptors (Lipinski definition) is 4. The summed E-state index contributed by atoms with van der Waals surface area (Å²) in [5, 5.41) is 10.3. The standard InChI is InChI=1S/C17H25ClN2O2/c1-14(15-2-4-16(18)5-3-15)20-8-6-19(7-9-20)10-17(11-21)12-22-13-17/h2-5,14,21H,6-13H2,1H3. The highest BCUT2D eigenvalue weighted by Crippen LogP contribution is 2.29. The minimum absolute atomic E-state index is 0.00996. The molecule has 0 aliphatic carbocycles. The van der Waals surface area contributed by atoms with Gasteiger partial charge in [0.2, 0.25) is 0 Å². The first-order chi connectivity index (χ1) is 10.6. The number of halogens is 1. The Morgan fingerprint density at radius 1 is 1.18 bits per heavy atom. The Hall–Kier alpha value is -0.650. The van der Waals surface area contributed by atoms with E-state index in [9.17, 15) is 5.11 Å². The van der Waals surface area contributed by atoms with E-state index in [1.807, 2.05) is 12.1 Å². The fraction of sp³-hybridized carbons (Fsp3) is 0.647. The van der Waals surface area contributed by atoms with E-state index in [4.69, 9.17) is 16.3 Å². The number of benzene rings is 1. The average molecular weight is 325 g/mol. The largest absolute Gasteiger partial charge is 0.396 e. The van der Waals surface area contributed by atoms with E-state index in [1.54, 1.807) is 0 Å². The summed E-state index contributed by atoms with van der Waals surface area (Å²) in [5.74, 6) is 0. The maximum atomic E-state index is 9.55. The predicted octanol–water partition coefficient (Wildman–Crippen LogP) is 2.03. The molecule has 5 heteroatoms. The van der Waals surface area contributed by atoms with Crippen molar-refractivity contribution in [3.63, 3.8) is 0 Å². The quantitative estimate of drug-likeness (QED) is 0.899. The van der Waals surface area contributed by atoms with Crippen LogP contribution in [0.25, 0.3) is 0 Å². The Labute approximate surface area is 137 Å². The molecule has 122 valence electrons. The van der Waals surface area contributed by atoms with Gasteiger partial charge in [0.1, 0.15) is 0 Å². The zero-order chi connectivity index (χ0) is 15.6. The number of ether oxygens (including phenoxy) is 1. The van der Waals surface area contributed by atoms with Crippen molar-refractivity contribution >= 4 is 11.6 Å². The van der Waals surface area contributed by atoms with Crippen LogP contribution in [0.4, 0.5) is 0 Å². The van der Waals surface area contributed by atoms with E-state index in [2.05, 4.69) is 28.9 Å². The third-order valence-corrected chi connectivity index (χ3v) is 5.27. The van der Waals surface area contributed by atoms with Gasteiger partial charge < -0.3 is 9.84 Å². The van der Waals surface area contributed by atoms with E-state index in [-0.39, 0.29) is 12.0 Å². The highest BCUT2D eigenvalue weighted by Gasteiger charge is 2.40. The summed E-state index contributed by atoms with van der Waals surface area (Å²) in [5.41, 5.74) is 1.31. The topological polar surface area (TPSA) is 35.9 Å². The van der Waals surface area contributed by atoms with Crippen LogP contribution < -0.4 is 0 Å². The number of nitrogens with zero attached hydrogens (tertiary/aromatic N) is 2. The highest BCUT2D eigenvalue weighted by atomic mass is 35.5. The molecule has 1 aromatic rings. The second-order valence-corrected chi connectivity index (χ2v) is 7.13. The van der Waals surface area contributed by atoms with E-state index in [1.165, 1.54) is 5.56 Å². The lowest BCUT2D eigenvalue weighted by atomic mass is 9.86. The van der Waals surface area contributed by atoms with Crippen molar-refractivity contribution < 1.29 is 9.84 Å². The van der Waals surface area contributed by atoms with Gasteiger partial charge in [-0.3, -0.25) is 9.80 Å². The van der Waals surface area contributed by atoms with Crippen LogP contribution in [0.3, 0.4) is 0 Å². The van der Waals surface area contributed by atoms with Crippen molar-refractivity contribution in [2.24, 2.45) is 5.41 Å². The first-order valence-corrected chi connectivity index (χ1v) is 8.40. The van der Waals surface area contributed by atoms with Gasteiger partial charge in [-0.15, -0.1) is 0 Å². The normalized spacial score (nSPS) is 24.0. The molecule has 0 amide bonds. The van der Waals surface area contributed by atoms with Crippen LogP contribution in [-0.2, 0) is 4.74 Å². The van der Waals surface area contributed by atoms with Crippen molar-refractivity contribution in [1.29, 1.82) is 0 Å². The fourth-order valence-corrected chi connectivity index (χ4v) is 3.48. The number of aliphatic hydroxyl groups excluding tert-OH is 1. The third-order valence-electron chi connectivity index (χ3n) is 5.02. The minimum Gasteiger partial charge on any atom is -0.396 e. The zero-order valence-electron chi connectivity index (χ0n) is 13.2. The van der Waals surface area contributed by atoms with Gasteiger partial charge >= 0.3 is 0 Å². The van der Waals surface area contributed by atoms with Crippen LogP contribution in [-0.4, -0.2) is 67.5 Å². The van der Waals surface area contributed by atoms with Crippen LogP contribution >= 0.6 is 11.6 Å². The maximum Gasteiger partial charge on any atom is 0.0579 e. The lowest BCUT2D eigenvalue weighted by molar-refractivity contribution is -0.151. The fourth-order valence-electron chi connectivity index (χ4n) is 3.36. The Bertz CT molecular complexity index is 476. The summed E-state index contributed by atoms with van der Waals surface area (Å²) < 4.78 is 5.29. The monoisotopic (exact) mass is 324 g/mol. The molecule has 0 saturated carbocycles. The molecular weight excluding hydrogens is 300 g/mol. The van der Waals surface area contributed by atoms with Crippen molar-refractivity contribution in [2.75, 3.05) is 52.5 Å². The van der Waals surface area contributed by atoms with Gasteiger partial charge in [-0.1, -0.05) is 23.7 Å². The van der Waals surface area contributed by atoms with E-state index in [0.29, 0.717) is 19.3 Å². The molecule has 0 spiro atoms. The van der Waals surface area contributed by atoms with Gasteiger partial charge in [0.25, 0.3) is 0 Å². The molecule has 1 unspecified atom stereocenters. The van der Waals surface area contributed by atoms with Gasteiger partial charge in [-0.25, -0.2) is 0 Å². The van der Waals surface area contributed by atoms with Gasteiger partial charge in [-0.2, -0.15) is 0 Å². The molecular formula is C17H25ClN2O2. The van der Waals surface area contributed by atoms with Crippen LogP contribution in [0.5, 0.6) is 0 Å². The molecule has 2 aliphatic rings. The average Bonchev–Trinajstić information content (AvgIpc) is 2.52. The third kappa shape index (κ3) is 3.47. The first kappa shape index (κ1) is 16.2. The van der Waals surface area contributed by atoms with Crippen LogP contribution in [0.15, 0.2) is 24.3 Å². The molecule has 22 heavy (non-hydrogen) atoms. The molecule has 2 fully saturated rings. The van der Waals surface area contributed by atoms with Gasteiger partial charge in [0.15, 0.2) is 0 Å². The van der Waals surface area contributed by atoms with Crippen LogP contribution in [0, 0.1) is 5.41 Å².